The summed E-state index contributed by atoms with van der Waals surface area (Å²) in [6, 6.07) is 3.95. The molecule has 0 N–H and O–H groups in total. The minimum atomic E-state index is -0.828. The summed E-state index contributed by atoms with van der Waals surface area (Å²) in [4.78, 5) is 0. The van der Waals surface area contributed by atoms with Gasteiger partial charge in [0.05, 0.1) is 32.3 Å². The van der Waals surface area contributed by atoms with E-state index >= 15 is 0 Å². The van der Waals surface area contributed by atoms with Gasteiger partial charge >= 0.3 is 0 Å². The molecule has 0 unspecified atom stereocenters. The molecule has 1 aromatic carbocycles. The SMILES string of the molecule is CCC[C@H]1CO[C@H]([C@H]2CO[C@H](CCc3ccc(F)c(F)c3)OC2)OC1. The lowest BCUT2D eigenvalue weighted by atomic mass is 10.0. The molecule has 0 saturated carbocycles. The highest BCUT2D eigenvalue weighted by atomic mass is 19.2. The zero-order valence-corrected chi connectivity index (χ0v) is 14.6. The van der Waals surface area contributed by atoms with E-state index in [0.717, 1.165) is 37.7 Å². The van der Waals surface area contributed by atoms with Gasteiger partial charge in [-0.1, -0.05) is 19.4 Å². The second kappa shape index (κ2) is 9.03. The Kier molecular flexibility index (Phi) is 6.76. The number of hydrogen-bond acceptors (Lipinski definition) is 4. The van der Waals surface area contributed by atoms with Crippen LogP contribution in [-0.2, 0) is 25.4 Å². The van der Waals surface area contributed by atoms with Gasteiger partial charge in [0.1, 0.15) is 0 Å². The van der Waals surface area contributed by atoms with Gasteiger partial charge < -0.3 is 18.9 Å². The van der Waals surface area contributed by atoms with E-state index < -0.39 is 11.6 Å². The molecule has 4 nitrogen and oxygen atoms in total. The van der Waals surface area contributed by atoms with Crippen LogP contribution in [-0.4, -0.2) is 39.0 Å². The maximum atomic E-state index is 13.2. The number of aryl methyl sites for hydroxylation is 1. The van der Waals surface area contributed by atoms with Crippen molar-refractivity contribution in [3.05, 3.63) is 35.4 Å². The predicted octanol–water partition coefficient (Wildman–Crippen LogP) is 3.68. The summed E-state index contributed by atoms with van der Waals surface area (Å²) in [5.74, 6) is -1.10. The van der Waals surface area contributed by atoms with Crippen molar-refractivity contribution >= 4 is 0 Å². The first kappa shape index (κ1) is 18.7. The van der Waals surface area contributed by atoms with Crippen LogP contribution in [0.15, 0.2) is 18.2 Å². The summed E-state index contributed by atoms with van der Waals surface area (Å²) in [7, 11) is 0. The molecular weight excluding hydrogens is 330 g/mol. The summed E-state index contributed by atoms with van der Waals surface area (Å²) < 4.78 is 49.3. The van der Waals surface area contributed by atoms with Gasteiger partial charge in [0.25, 0.3) is 0 Å². The van der Waals surface area contributed by atoms with Crippen LogP contribution in [0.3, 0.4) is 0 Å². The van der Waals surface area contributed by atoms with Crippen LogP contribution in [0.2, 0.25) is 0 Å². The summed E-state index contributed by atoms with van der Waals surface area (Å²) >= 11 is 0. The topological polar surface area (TPSA) is 36.9 Å². The van der Waals surface area contributed by atoms with Crippen LogP contribution in [0.25, 0.3) is 0 Å². The van der Waals surface area contributed by atoms with E-state index in [1.54, 1.807) is 6.07 Å². The number of hydrogen-bond donors (Lipinski definition) is 0. The van der Waals surface area contributed by atoms with E-state index in [2.05, 4.69) is 6.92 Å². The molecule has 0 aliphatic carbocycles. The first-order valence-corrected chi connectivity index (χ1v) is 9.06. The van der Waals surface area contributed by atoms with Crippen molar-refractivity contribution in [3.8, 4) is 0 Å². The predicted molar refractivity (Wildman–Crippen MR) is 88.0 cm³/mol. The van der Waals surface area contributed by atoms with E-state index in [4.69, 9.17) is 18.9 Å². The third-order valence-corrected chi connectivity index (χ3v) is 4.72. The summed E-state index contributed by atoms with van der Waals surface area (Å²) in [5, 5.41) is 0. The second-order valence-corrected chi connectivity index (χ2v) is 6.83. The minimum Gasteiger partial charge on any atom is -0.352 e. The van der Waals surface area contributed by atoms with Gasteiger partial charge in [-0.25, -0.2) is 8.78 Å². The Morgan fingerprint density at radius 1 is 0.920 bits per heavy atom. The van der Waals surface area contributed by atoms with Crippen LogP contribution >= 0.6 is 0 Å². The van der Waals surface area contributed by atoms with Crippen LogP contribution in [0.5, 0.6) is 0 Å². The Bertz CT molecular complexity index is 538. The van der Waals surface area contributed by atoms with Crippen LogP contribution in [0, 0.1) is 23.5 Å². The van der Waals surface area contributed by atoms with Crippen LogP contribution in [0.4, 0.5) is 8.78 Å². The molecule has 2 heterocycles. The average molecular weight is 356 g/mol. The van der Waals surface area contributed by atoms with E-state index in [0.29, 0.717) is 32.0 Å². The van der Waals surface area contributed by atoms with Crippen LogP contribution < -0.4 is 0 Å². The molecule has 0 bridgehead atoms. The maximum Gasteiger partial charge on any atom is 0.164 e. The highest BCUT2D eigenvalue weighted by Crippen LogP contribution is 2.25. The molecule has 6 heteroatoms. The van der Waals surface area contributed by atoms with Gasteiger partial charge in [-0.3, -0.25) is 0 Å². The molecule has 0 atom stereocenters. The Morgan fingerprint density at radius 3 is 2.28 bits per heavy atom. The van der Waals surface area contributed by atoms with Gasteiger partial charge in [0.15, 0.2) is 24.2 Å². The fourth-order valence-corrected chi connectivity index (χ4v) is 3.27. The van der Waals surface area contributed by atoms with Crippen LogP contribution in [0.1, 0.15) is 31.7 Å². The number of halogens is 2. The third-order valence-electron chi connectivity index (χ3n) is 4.72. The molecule has 3 rings (SSSR count). The quantitative estimate of drug-likeness (QED) is 0.779. The third kappa shape index (κ3) is 5.20. The van der Waals surface area contributed by atoms with Gasteiger partial charge in [-0.2, -0.15) is 0 Å². The molecule has 25 heavy (non-hydrogen) atoms. The molecule has 140 valence electrons. The largest absolute Gasteiger partial charge is 0.352 e. The molecule has 0 amide bonds. The molecule has 0 aromatic heterocycles. The van der Waals surface area contributed by atoms with Crippen molar-refractivity contribution in [3.63, 3.8) is 0 Å². The van der Waals surface area contributed by atoms with Gasteiger partial charge in [-0.05, 0) is 30.5 Å². The lowest BCUT2D eigenvalue weighted by Crippen LogP contribution is -2.44. The lowest BCUT2D eigenvalue weighted by molar-refractivity contribution is -0.281. The lowest BCUT2D eigenvalue weighted by Gasteiger charge is -2.37. The number of benzene rings is 1. The smallest absolute Gasteiger partial charge is 0.164 e. The fourth-order valence-electron chi connectivity index (χ4n) is 3.27. The van der Waals surface area contributed by atoms with E-state index in [-0.39, 0.29) is 18.5 Å². The first-order chi connectivity index (χ1) is 12.2. The van der Waals surface area contributed by atoms with Gasteiger partial charge in [0.2, 0.25) is 0 Å². The van der Waals surface area contributed by atoms with E-state index in [1.807, 2.05) is 0 Å². The monoisotopic (exact) mass is 356 g/mol. The second-order valence-electron chi connectivity index (χ2n) is 6.83. The normalized spacial score (nSPS) is 30.4. The fraction of sp³-hybridized carbons (Fsp3) is 0.684. The van der Waals surface area contributed by atoms with E-state index in [9.17, 15) is 8.78 Å². The molecule has 2 fully saturated rings. The van der Waals surface area contributed by atoms with Gasteiger partial charge in [0, 0.05) is 12.3 Å². The maximum absolute atomic E-state index is 13.2. The summed E-state index contributed by atoms with van der Waals surface area (Å²) in [5.41, 5.74) is 0.731. The number of rotatable bonds is 6. The number of ether oxygens (including phenoxy) is 4. The first-order valence-electron chi connectivity index (χ1n) is 9.06. The standard InChI is InChI=1S/C19H26F2O4/c1-2-3-14-9-24-19(25-10-14)15-11-22-18(23-12-15)7-5-13-4-6-16(20)17(21)8-13/h4,6,8,14-15,18-19H,2-3,5,7,9-12H2,1H3/t14-,15-,18-,19-. The Balaban J connectivity index is 1.38. The van der Waals surface area contributed by atoms with Crippen molar-refractivity contribution in [1.82, 2.24) is 0 Å². The molecule has 2 saturated heterocycles. The molecule has 2 aliphatic heterocycles. The van der Waals surface area contributed by atoms with E-state index in [1.165, 1.54) is 6.07 Å². The van der Waals surface area contributed by atoms with Gasteiger partial charge in [-0.15, -0.1) is 0 Å². The zero-order chi connectivity index (χ0) is 17.6. The van der Waals surface area contributed by atoms with Crippen molar-refractivity contribution < 1.29 is 27.7 Å². The Hall–Kier alpha value is -1.08. The Labute approximate surface area is 147 Å². The molecule has 0 radical (unpaired) electrons. The Morgan fingerprint density at radius 2 is 1.64 bits per heavy atom. The zero-order valence-electron chi connectivity index (χ0n) is 14.6. The van der Waals surface area contributed by atoms with Crippen molar-refractivity contribution in [2.24, 2.45) is 11.8 Å². The van der Waals surface area contributed by atoms with Crippen molar-refractivity contribution in [1.29, 1.82) is 0 Å². The highest BCUT2D eigenvalue weighted by molar-refractivity contribution is 5.17. The van der Waals surface area contributed by atoms with Crippen molar-refractivity contribution in [2.45, 2.75) is 45.2 Å². The minimum absolute atomic E-state index is 0.0714. The molecule has 2 aliphatic rings. The summed E-state index contributed by atoms with van der Waals surface area (Å²) in [6.45, 7) is 4.66. The highest BCUT2D eigenvalue weighted by Gasteiger charge is 2.33. The molecule has 1 aromatic rings. The molecule has 0 spiro atoms. The van der Waals surface area contributed by atoms with Crippen molar-refractivity contribution in [2.75, 3.05) is 26.4 Å². The molecular formula is C19H26F2O4. The summed E-state index contributed by atoms with van der Waals surface area (Å²) in [6.07, 6.45) is 2.83. The average Bonchev–Trinajstić information content (AvgIpc) is 2.64.